The number of aromatic nitrogens is 2. The lowest BCUT2D eigenvalue weighted by Crippen LogP contribution is -2.26. The van der Waals surface area contributed by atoms with E-state index in [0.29, 0.717) is 41.7 Å². The molecule has 0 saturated carbocycles. The quantitative estimate of drug-likeness (QED) is 0.537. The average molecular weight is 379 g/mol. The third-order valence-electron chi connectivity index (χ3n) is 3.36. The minimum Gasteiger partial charge on any atom is -0.465 e. The number of ether oxygens (including phenoxy) is 2. The number of nitrogens with one attached hydrogen (secondary N) is 2. The average Bonchev–Trinajstić information content (AvgIpc) is 2.66. The second kappa shape index (κ2) is 9.69. The van der Waals surface area contributed by atoms with Crippen LogP contribution in [0.3, 0.4) is 0 Å². The molecule has 0 saturated heterocycles. The van der Waals surface area contributed by atoms with Gasteiger partial charge in [-0.3, -0.25) is 4.79 Å². The third kappa shape index (κ3) is 5.40. The van der Waals surface area contributed by atoms with E-state index < -0.39 is 5.97 Å². The number of carbonyl (C=O) groups excluding carboxylic acids is 2. The Morgan fingerprint density at radius 2 is 1.96 bits per heavy atom. The third-order valence-corrected chi connectivity index (χ3v) is 3.69. The van der Waals surface area contributed by atoms with E-state index in [1.165, 1.54) is 7.11 Å². The van der Waals surface area contributed by atoms with Crippen LogP contribution in [0.2, 0.25) is 5.02 Å². The molecule has 1 aromatic heterocycles. The van der Waals surface area contributed by atoms with Crippen molar-refractivity contribution in [1.29, 1.82) is 0 Å². The Morgan fingerprint density at radius 1 is 1.15 bits per heavy atom. The number of carbonyl (C=O) groups is 2. The van der Waals surface area contributed by atoms with Gasteiger partial charge in [0.1, 0.15) is 0 Å². The van der Waals surface area contributed by atoms with Crippen LogP contribution in [0.1, 0.15) is 27.3 Å². The molecule has 8 nitrogen and oxygen atoms in total. The molecule has 0 aliphatic carbocycles. The maximum atomic E-state index is 11.9. The summed E-state index contributed by atoms with van der Waals surface area (Å²) >= 11 is 6.12. The summed E-state index contributed by atoms with van der Waals surface area (Å²) in [7, 11) is 2.90. The molecule has 1 aromatic carbocycles. The van der Waals surface area contributed by atoms with E-state index in [-0.39, 0.29) is 11.6 Å². The van der Waals surface area contributed by atoms with Crippen molar-refractivity contribution in [2.24, 2.45) is 0 Å². The Kier molecular flexibility index (Phi) is 7.31. The highest BCUT2D eigenvalue weighted by atomic mass is 35.5. The van der Waals surface area contributed by atoms with Gasteiger partial charge >= 0.3 is 5.97 Å². The van der Waals surface area contributed by atoms with Gasteiger partial charge < -0.3 is 20.1 Å². The Bertz CT molecular complexity index is 768. The summed E-state index contributed by atoms with van der Waals surface area (Å²) in [6.07, 6.45) is 0.713. The van der Waals surface area contributed by atoms with Crippen LogP contribution in [0.25, 0.3) is 0 Å². The van der Waals surface area contributed by atoms with Crippen molar-refractivity contribution in [3.05, 3.63) is 46.6 Å². The Balaban J connectivity index is 2.03. The first-order valence-electron chi connectivity index (χ1n) is 7.81. The van der Waals surface area contributed by atoms with Crippen LogP contribution in [-0.2, 0) is 9.47 Å². The van der Waals surface area contributed by atoms with Gasteiger partial charge in [0.05, 0.1) is 23.4 Å². The van der Waals surface area contributed by atoms with E-state index >= 15 is 0 Å². The first-order chi connectivity index (χ1) is 12.5. The molecule has 0 unspecified atom stereocenters. The molecular formula is C17H19ClN4O4. The zero-order valence-corrected chi connectivity index (χ0v) is 15.2. The van der Waals surface area contributed by atoms with Crippen LogP contribution in [0, 0.1) is 0 Å². The van der Waals surface area contributed by atoms with Crippen LogP contribution in [0.5, 0.6) is 0 Å². The number of rotatable bonds is 8. The number of hydrogen-bond donors (Lipinski definition) is 2. The summed E-state index contributed by atoms with van der Waals surface area (Å²) in [5.74, 6) is -0.410. The number of esters is 1. The van der Waals surface area contributed by atoms with Crippen molar-refractivity contribution >= 4 is 35.0 Å². The molecule has 26 heavy (non-hydrogen) atoms. The Morgan fingerprint density at radius 3 is 2.62 bits per heavy atom. The highest BCUT2D eigenvalue weighted by Crippen LogP contribution is 2.26. The highest BCUT2D eigenvalue weighted by molar-refractivity contribution is 6.33. The van der Waals surface area contributed by atoms with Gasteiger partial charge in [-0.1, -0.05) is 11.6 Å². The lowest BCUT2D eigenvalue weighted by molar-refractivity contribution is 0.0600. The topological polar surface area (TPSA) is 102 Å². The molecule has 2 N–H and O–H groups in total. The largest absolute Gasteiger partial charge is 0.465 e. The van der Waals surface area contributed by atoms with Crippen LogP contribution in [0.4, 0.5) is 11.5 Å². The monoisotopic (exact) mass is 378 g/mol. The lowest BCUT2D eigenvalue weighted by atomic mass is 10.2. The molecule has 1 heterocycles. The second-order valence-electron chi connectivity index (χ2n) is 5.22. The van der Waals surface area contributed by atoms with Crippen molar-refractivity contribution in [3.8, 4) is 0 Å². The van der Waals surface area contributed by atoms with Crippen LogP contribution in [-0.4, -0.2) is 49.4 Å². The summed E-state index contributed by atoms with van der Waals surface area (Å²) in [5.41, 5.74) is 1.02. The normalized spacial score (nSPS) is 10.3. The van der Waals surface area contributed by atoms with Crippen molar-refractivity contribution in [2.75, 3.05) is 32.7 Å². The van der Waals surface area contributed by atoms with Crippen LogP contribution < -0.4 is 10.6 Å². The molecule has 0 spiro atoms. The van der Waals surface area contributed by atoms with Crippen molar-refractivity contribution in [2.45, 2.75) is 6.42 Å². The molecule has 138 valence electrons. The molecule has 1 amide bonds. The Labute approximate surface area is 155 Å². The van der Waals surface area contributed by atoms with E-state index in [2.05, 4.69) is 25.6 Å². The van der Waals surface area contributed by atoms with Crippen LogP contribution >= 0.6 is 11.6 Å². The van der Waals surface area contributed by atoms with E-state index in [0.717, 1.165) is 0 Å². The second-order valence-corrected chi connectivity index (χ2v) is 5.62. The highest BCUT2D eigenvalue weighted by Gasteiger charge is 2.11. The maximum absolute atomic E-state index is 11.9. The van der Waals surface area contributed by atoms with Crippen molar-refractivity contribution < 1.29 is 19.1 Å². The van der Waals surface area contributed by atoms with Gasteiger partial charge in [0, 0.05) is 20.3 Å². The van der Waals surface area contributed by atoms with E-state index in [1.807, 2.05) is 0 Å². The number of anilines is 2. The predicted molar refractivity (Wildman–Crippen MR) is 96.9 cm³/mol. The predicted octanol–water partition coefficient (Wildman–Crippen LogP) is 2.43. The van der Waals surface area contributed by atoms with Gasteiger partial charge in [0.25, 0.3) is 5.91 Å². The molecule has 0 atom stereocenters. The van der Waals surface area contributed by atoms with E-state index in [4.69, 9.17) is 16.3 Å². The number of nitrogens with zero attached hydrogens (tertiary/aromatic N) is 2. The number of halogens is 1. The molecule has 2 rings (SSSR count). The molecule has 2 aromatic rings. The SMILES string of the molecule is COCCCNC(=O)c1ccc(Nc2cc(C(=O)OC)ccc2Cl)nn1. The molecule has 0 radical (unpaired) electrons. The fraction of sp³-hybridized carbons (Fsp3) is 0.294. The molecule has 9 heteroatoms. The van der Waals surface area contributed by atoms with E-state index in [1.54, 1.807) is 37.4 Å². The lowest BCUT2D eigenvalue weighted by Gasteiger charge is -2.09. The fourth-order valence-electron chi connectivity index (χ4n) is 2.03. The first-order valence-corrected chi connectivity index (χ1v) is 8.18. The standard InChI is InChI=1S/C17H19ClN4O4/c1-25-9-3-8-19-16(23)13-6-7-15(22-21-13)20-14-10-11(17(24)26-2)4-5-12(14)18/h4-7,10H,3,8-9H2,1-2H3,(H,19,23)(H,20,22). The molecular weight excluding hydrogens is 360 g/mol. The van der Waals surface area contributed by atoms with Gasteiger partial charge in [-0.2, -0.15) is 0 Å². The number of benzene rings is 1. The van der Waals surface area contributed by atoms with Gasteiger partial charge in [0.2, 0.25) is 0 Å². The summed E-state index contributed by atoms with van der Waals surface area (Å²) in [4.78, 5) is 23.5. The number of hydrogen-bond acceptors (Lipinski definition) is 7. The van der Waals surface area contributed by atoms with Gasteiger partial charge in [-0.15, -0.1) is 10.2 Å². The van der Waals surface area contributed by atoms with E-state index in [9.17, 15) is 9.59 Å². The fourth-order valence-corrected chi connectivity index (χ4v) is 2.20. The summed E-state index contributed by atoms with van der Waals surface area (Å²) in [6.45, 7) is 1.06. The van der Waals surface area contributed by atoms with Gasteiger partial charge in [0.15, 0.2) is 11.5 Å². The summed E-state index contributed by atoms with van der Waals surface area (Å²) in [6, 6.07) is 7.82. The molecule has 0 aliphatic rings. The Hall–Kier alpha value is -2.71. The van der Waals surface area contributed by atoms with Crippen molar-refractivity contribution in [1.82, 2.24) is 15.5 Å². The zero-order chi connectivity index (χ0) is 18.9. The first kappa shape index (κ1) is 19.6. The molecule has 0 fully saturated rings. The molecule has 0 bridgehead atoms. The van der Waals surface area contributed by atoms with Crippen LogP contribution in [0.15, 0.2) is 30.3 Å². The number of methoxy groups -OCH3 is 2. The number of amides is 1. The maximum Gasteiger partial charge on any atom is 0.337 e. The molecule has 0 aliphatic heterocycles. The van der Waals surface area contributed by atoms with Gasteiger partial charge in [-0.25, -0.2) is 4.79 Å². The minimum absolute atomic E-state index is 0.197. The zero-order valence-electron chi connectivity index (χ0n) is 14.4. The minimum atomic E-state index is -0.476. The van der Waals surface area contributed by atoms with Crippen molar-refractivity contribution in [3.63, 3.8) is 0 Å². The van der Waals surface area contributed by atoms with Gasteiger partial charge in [-0.05, 0) is 36.8 Å². The summed E-state index contributed by atoms with van der Waals surface area (Å²) < 4.78 is 9.60. The summed E-state index contributed by atoms with van der Waals surface area (Å²) in [5, 5.41) is 13.9. The smallest absolute Gasteiger partial charge is 0.337 e.